The van der Waals surface area contributed by atoms with Crippen molar-refractivity contribution in [2.24, 2.45) is 0 Å². The third-order valence-electron chi connectivity index (χ3n) is 2.63. The van der Waals surface area contributed by atoms with Gasteiger partial charge in [0.05, 0.1) is 0 Å². The summed E-state index contributed by atoms with van der Waals surface area (Å²) in [4.78, 5) is 11.0. The molecule has 1 rings (SSSR count). The van der Waals surface area contributed by atoms with Gasteiger partial charge in [0.15, 0.2) is 0 Å². The normalized spacial score (nSPS) is 10.2. The number of amides is 1. The van der Waals surface area contributed by atoms with E-state index in [0.29, 0.717) is 13.0 Å². The monoisotopic (exact) mass is 220 g/mol. The Morgan fingerprint density at radius 1 is 1.31 bits per heavy atom. The van der Waals surface area contributed by atoms with Crippen molar-refractivity contribution in [3.8, 4) is 0 Å². The Morgan fingerprint density at radius 3 is 2.75 bits per heavy atom. The molecule has 0 unspecified atom stereocenters. The molecule has 2 N–H and O–H groups in total. The molecule has 3 nitrogen and oxygen atoms in total. The van der Waals surface area contributed by atoms with E-state index in [9.17, 15) is 4.79 Å². The lowest BCUT2D eigenvalue weighted by molar-refractivity contribution is -0.120. The summed E-state index contributed by atoms with van der Waals surface area (Å²) in [6, 6.07) is 6.43. The lowest BCUT2D eigenvalue weighted by atomic mass is 10.1. The second-order valence-electron chi connectivity index (χ2n) is 4.03. The maximum atomic E-state index is 11.0. The minimum Gasteiger partial charge on any atom is -0.359 e. The molecule has 0 fully saturated rings. The van der Waals surface area contributed by atoms with Crippen molar-refractivity contribution < 1.29 is 4.79 Å². The van der Waals surface area contributed by atoms with Gasteiger partial charge in [-0.15, -0.1) is 0 Å². The highest BCUT2D eigenvalue weighted by atomic mass is 16.1. The molecule has 1 aromatic carbocycles. The molecule has 0 aliphatic rings. The van der Waals surface area contributed by atoms with Gasteiger partial charge >= 0.3 is 0 Å². The molecule has 0 saturated carbocycles. The van der Waals surface area contributed by atoms with Gasteiger partial charge in [-0.3, -0.25) is 4.79 Å². The van der Waals surface area contributed by atoms with E-state index in [2.05, 4.69) is 42.7 Å². The zero-order valence-electron chi connectivity index (χ0n) is 10.3. The summed E-state index contributed by atoms with van der Waals surface area (Å²) >= 11 is 0. The van der Waals surface area contributed by atoms with Crippen LogP contribution in [0.1, 0.15) is 23.1 Å². The maximum absolute atomic E-state index is 11.0. The standard InChI is InChI=1S/C13H20N2O/c1-10-4-5-11(2)12(8-10)9-15-7-6-13(16)14-3/h4-5,8,15H,6-7,9H2,1-3H3,(H,14,16). The van der Waals surface area contributed by atoms with E-state index in [1.807, 2.05) is 0 Å². The topological polar surface area (TPSA) is 41.1 Å². The van der Waals surface area contributed by atoms with Gasteiger partial charge in [-0.1, -0.05) is 23.8 Å². The van der Waals surface area contributed by atoms with Crippen molar-refractivity contribution in [1.29, 1.82) is 0 Å². The summed E-state index contributed by atoms with van der Waals surface area (Å²) in [6.45, 7) is 5.74. The van der Waals surface area contributed by atoms with E-state index in [1.54, 1.807) is 7.05 Å². The first-order valence-electron chi connectivity index (χ1n) is 5.61. The average Bonchev–Trinajstić information content (AvgIpc) is 2.28. The van der Waals surface area contributed by atoms with Crippen LogP contribution in [0, 0.1) is 13.8 Å². The highest BCUT2D eigenvalue weighted by Gasteiger charge is 2.00. The maximum Gasteiger partial charge on any atom is 0.221 e. The molecule has 0 spiro atoms. The molecule has 0 aliphatic heterocycles. The Labute approximate surface area is 97.2 Å². The number of aryl methyl sites for hydroxylation is 2. The van der Waals surface area contributed by atoms with E-state index >= 15 is 0 Å². The van der Waals surface area contributed by atoms with Crippen molar-refractivity contribution >= 4 is 5.91 Å². The second-order valence-corrected chi connectivity index (χ2v) is 4.03. The van der Waals surface area contributed by atoms with Gasteiger partial charge in [-0.05, 0) is 25.0 Å². The summed E-state index contributed by atoms with van der Waals surface area (Å²) in [5.74, 6) is 0.0773. The van der Waals surface area contributed by atoms with Crippen molar-refractivity contribution in [3.05, 3.63) is 34.9 Å². The van der Waals surface area contributed by atoms with E-state index in [1.165, 1.54) is 16.7 Å². The first kappa shape index (κ1) is 12.7. The fourth-order valence-electron chi connectivity index (χ4n) is 1.54. The quantitative estimate of drug-likeness (QED) is 0.739. The van der Waals surface area contributed by atoms with Gasteiger partial charge in [-0.2, -0.15) is 0 Å². The molecule has 0 atom stereocenters. The van der Waals surface area contributed by atoms with Gasteiger partial charge in [0.1, 0.15) is 0 Å². The highest BCUT2D eigenvalue weighted by Crippen LogP contribution is 2.09. The van der Waals surface area contributed by atoms with Gasteiger partial charge < -0.3 is 10.6 Å². The molecule has 1 amide bonds. The third-order valence-corrected chi connectivity index (χ3v) is 2.63. The largest absolute Gasteiger partial charge is 0.359 e. The molecule has 0 aromatic heterocycles. The lowest BCUT2D eigenvalue weighted by Crippen LogP contribution is -2.24. The van der Waals surface area contributed by atoms with Crippen LogP contribution in [0.2, 0.25) is 0 Å². The molecule has 0 radical (unpaired) electrons. The lowest BCUT2D eigenvalue weighted by Gasteiger charge is -2.08. The van der Waals surface area contributed by atoms with Crippen LogP contribution in [0.15, 0.2) is 18.2 Å². The molecule has 0 saturated heterocycles. The first-order chi connectivity index (χ1) is 7.63. The number of carbonyl (C=O) groups is 1. The third kappa shape index (κ3) is 4.03. The fourth-order valence-corrected chi connectivity index (χ4v) is 1.54. The fraction of sp³-hybridized carbons (Fsp3) is 0.462. The van der Waals surface area contributed by atoms with Crippen LogP contribution in [0.3, 0.4) is 0 Å². The minimum atomic E-state index is 0.0773. The number of nitrogens with one attached hydrogen (secondary N) is 2. The van der Waals surface area contributed by atoms with Crippen molar-refractivity contribution in [2.75, 3.05) is 13.6 Å². The summed E-state index contributed by atoms with van der Waals surface area (Å²) < 4.78 is 0. The molecule has 0 aliphatic carbocycles. The minimum absolute atomic E-state index is 0.0773. The van der Waals surface area contributed by atoms with Crippen molar-refractivity contribution in [3.63, 3.8) is 0 Å². The number of rotatable bonds is 5. The summed E-state index contributed by atoms with van der Waals surface area (Å²) in [7, 11) is 1.66. The summed E-state index contributed by atoms with van der Waals surface area (Å²) in [6.07, 6.45) is 0.529. The van der Waals surface area contributed by atoms with Gasteiger partial charge in [-0.25, -0.2) is 0 Å². The van der Waals surface area contributed by atoms with E-state index in [4.69, 9.17) is 0 Å². The van der Waals surface area contributed by atoms with Crippen LogP contribution < -0.4 is 10.6 Å². The number of benzene rings is 1. The molecule has 3 heteroatoms. The molecular formula is C13H20N2O. The predicted octanol–water partition coefficient (Wildman–Crippen LogP) is 1.53. The first-order valence-corrected chi connectivity index (χ1v) is 5.61. The zero-order valence-corrected chi connectivity index (χ0v) is 10.3. The van der Waals surface area contributed by atoms with Gasteiger partial charge in [0.2, 0.25) is 5.91 Å². The second kappa shape index (κ2) is 6.28. The van der Waals surface area contributed by atoms with E-state index < -0.39 is 0 Å². The van der Waals surface area contributed by atoms with E-state index in [0.717, 1.165) is 6.54 Å². The van der Waals surface area contributed by atoms with Crippen LogP contribution in [0.25, 0.3) is 0 Å². The highest BCUT2D eigenvalue weighted by molar-refractivity contribution is 5.75. The van der Waals surface area contributed by atoms with Crippen LogP contribution in [0.4, 0.5) is 0 Å². The molecule has 88 valence electrons. The van der Waals surface area contributed by atoms with Crippen molar-refractivity contribution in [1.82, 2.24) is 10.6 Å². The predicted molar refractivity (Wildman–Crippen MR) is 66.3 cm³/mol. The van der Waals surface area contributed by atoms with Crippen molar-refractivity contribution in [2.45, 2.75) is 26.8 Å². The summed E-state index contributed by atoms with van der Waals surface area (Å²) in [5.41, 5.74) is 3.86. The van der Waals surface area contributed by atoms with Crippen LogP contribution >= 0.6 is 0 Å². The zero-order chi connectivity index (χ0) is 12.0. The Morgan fingerprint density at radius 2 is 2.06 bits per heavy atom. The average molecular weight is 220 g/mol. The Kier molecular flexibility index (Phi) is 4.99. The van der Waals surface area contributed by atoms with Gasteiger partial charge in [0, 0.05) is 26.6 Å². The molecule has 0 heterocycles. The number of hydrogen-bond donors (Lipinski definition) is 2. The Hall–Kier alpha value is -1.35. The molecule has 0 bridgehead atoms. The smallest absolute Gasteiger partial charge is 0.221 e. The Bertz CT molecular complexity index is 361. The molecular weight excluding hydrogens is 200 g/mol. The van der Waals surface area contributed by atoms with Crippen LogP contribution in [-0.4, -0.2) is 19.5 Å². The number of hydrogen-bond acceptors (Lipinski definition) is 2. The molecule has 16 heavy (non-hydrogen) atoms. The van der Waals surface area contributed by atoms with E-state index in [-0.39, 0.29) is 5.91 Å². The van der Waals surface area contributed by atoms with Crippen LogP contribution in [-0.2, 0) is 11.3 Å². The number of carbonyl (C=O) groups excluding carboxylic acids is 1. The van der Waals surface area contributed by atoms with Gasteiger partial charge in [0.25, 0.3) is 0 Å². The summed E-state index contributed by atoms with van der Waals surface area (Å²) in [5, 5.41) is 5.88. The Balaban J connectivity index is 2.37. The molecule has 1 aromatic rings. The van der Waals surface area contributed by atoms with Crippen LogP contribution in [0.5, 0.6) is 0 Å². The SMILES string of the molecule is CNC(=O)CCNCc1cc(C)ccc1C.